The van der Waals surface area contributed by atoms with Crippen molar-refractivity contribution >= 4 is 49.2 Å². The number of Topliss-reactive ketones (excluding diaryl/α,β-unsaturated/α-hetero) is 1. The molecule has 0 aliphatic rings. The number of rotatable bonds is 5. The van der Waals surface area contributed by atoms with Gasteiger partial charge in [-0.05, 0) is 18.5 Å². The number of ether oxygens (including phenoxy) is 1. The van der Waals surface area contributed by atoms with Crippen molar-refractivity contribution in [1.29, 1.82) is 0 Å². The van der Waals surface area contributed by atoms with Crippen LogP contribution in [-0.4, -0.2) is 27.6 Å². The van der Waals surface area contributed by atoms with Crippen molar-refractivity contribution in [3.05, 3.63) is 0 Å². The van der Waals surface area contributed by atoms with Gasteiger partial charge >= 0.3 is 5.38 Å². The van der Waals surface area contributed by atoms with Gasteiger partial charge in [-0.3, -0.25) is 4.79 Å². The smallest absolute Gasteiger partial charge is 0.366 e. The van der Waals surface area contributed by atoms with Gasteiger partial charge < -0.3 is 4.74 Å². The third-order valence-corrected chi connectivity index (χ3v) is 3.67. The van der Waals surface area contributed by atoms with Crippen LogP contribution in [0.25, 0.3) is 0 Å². The Morgan fingerprint density at radius 3 is 2.38 bits per heavy atom. The average Bonchev–Trinajstić information content (AvgIpc) is 2.00. The van der Waals surface area contributed by atoms with Crippen molar-refractivity contribution in [2.75, 3.05) is 6.61 Å². The molecule has 2 nitrogen and oxygen atoms in total. The number of hydrogen-bond acceptors (Lipinski definition) is 2. The van der Waals surface area contributed by atoms with Crippen LogP contribution in [0.1, 0.15) is 6.92 Å². The highest BCUT2D eigenvalue weighted by molar-refractivity contribution is 9.12. The van der Waals surface area contributed by atoms with Crippen molar-refractivity contribution in [3.8, 4) is 0 Å². The van der Waals surface area contributed by atoms with E-state index >= 15 is 0 Å². The first-order valence-electron chi connectivity index (χ1n) is 3.31. The third kappa shape index (κ3) is 4.67. The number of ketones is 1. The summed E-state index contributed by atoms with van der Waals surface area (Å²) in [6.45, 7) is 1.98. The summed E-state index contributed by atoms with van der Waals surface area (Å²) in [6, 6.07) is 0. The van der Waals surface area contributed by atoms with Crippen LogP contribution in [0, 0.1) is 0 Å². The summed E-state index contributed by atoms with van der Waals surface area (Å²) in [7, 11) is 0. The van der Waals surface area contributed by atoms with Crippen molar-refractivity contribution < 1.29 is 18.3 Å². The highest BCUT2D eigenvalue weighted by Gasteiger charge is 2.42. The number of carbonyl (C=O) groups excluding carboxylic acids is 1. The fraction of sp³-hybridized carbons (Fsp3) is 0.833. The van der Waals surface area contributed by atoms with Crippen LogP contribution in [0.2, 0.25) is 0 Å². The van der Waals surface area contributed by atoms with Gasteiger partial charge in [0.25, 0.3) is 0 Å². The molecule has 0 amide bonds. The second kappa shape index (κ2) is 5.58. The van der Waals surface area contributed by atoms with Crippen LogP contribution in [0.3, 0.4) is 0 Å². The zero-order chi connectivity index (χ0) is 10.6. The zero-order valence-corrected chi connectivity index (χ0v) is 10.5. The fourth-order valence-corrected chi connectivity index (χ4v) is 1.71. The highest BCUT2D eigenvalue weighted by atomic mass is 79.9. The molecule has 0 N–H and O–H groups in total. The lowest BCUT2D eigenvalue weighted by atomic mass is 10.3. The number of carbonyl (C=O) groups is 1. The summed E-state index contributed by atoms with van der Waals surface area (Å²) < 4.78 is 29.4. The Morgan fingerprint density at radius 2 is 2.08 bits per heavy atom. The summed E-state index contributed by atoms with van der Waals surface area (Å²) in [5, 5.41) is -4.67. The number of alkyl halides is 5. The summed E-state index contributed by atoms with van der Waals surface area (Å²) >= 11 is 10.2. The first-order chi connectivity index (χ1) is 5.80. The Labute approximate surface area is 96.2 Å². The highest BCUT2D eigenvalue weighted by Crippen LogP contribution is 2.28. The van der Waals surface area contributed by atoms with E-state index < -0.39 is 21.0 Å². The molecule has 13 heavy (non-hydrogen) atoms. The first-order valence-corrected chi connectivity index (χ1v) is 5.52. The van der Waals surface area contributed by atoms with Gasteiger partial charge in [-0.25, -0.2) is 0 Å². The Bertz CT molecular complexity index is 186. The summed E-state index contributed by atoms with van der Waals surface area (Å²) in [5.74, 6) is -1.43. The molecular weight excluding hydrogens is 337 g/mol. The molecule has 2 unspecified atom stereocenters. The van der Waals surface area contributed by atoms with E-state index in [9.17, 15) is 13.6 Å². The van der Waals surface area contributed by atoms with Crippen LogP contribution in [0.15, 0.2) is 0 Å². The lowest BCUT2D eigenvalue weighted by molar-refractivity contribution is -0.133. The molecule has 0 aromatic rings. The van der Waals surface area contributed by atoms with Gasteiger partial charge in [0.05, 0.1) is 0 Å². The molecule has 2 atom stereocenters. The van der Waals surface area contributed by atoms with E-state index in [0.29, 0.717) is 6.61 Å². The predicted octanol–water partition coefficient (Wildman–Crippen LogP) is 2.91. The van der Waals surface area contributed by atoms with Gasteiger partial charge in [-0.2, -0.15) is 8.78 Å². The molecule has 0 aliphatic heterocycles. The minimum atomic E-state index is -3.86. The minimum absolute atomic E-state index is 0.305. The standard InChI is InChI=1S/C6H7Br2ClF2O2/c1-2-13-5(8)3(7)4(12)6(9,10)11/h3,5H,2H2,1H3. The molecule has 0 fully saturated rings. The topological polar surface area (TPSA) is 26.3 Å². The van der Waals surface area contributed by atoms with Crippen molar-refractivity contribution in [2.45, 2.75) is 22.1 Å². The lowest BCUT2D eigenvalue weighted by Crippen LogP contribution is -2.36. The van der Waals surface area contributed by atoms with Crippen LogP contribution in [-0.2, 0) is 9.53 Å². The number of halogens is 5. The van der Waals surface area contributed by atoms with Crippen molar-refractivity contribution in [1.82, 2.24) is 0 Å². The van der Waals surface area contributed by atoms with Gasteiger partial charge in [0, 0.05) is 6.61 Å². The van der Waals surface area contributed by atoms with Gasteiger partial charge in [0.2, 0.25) is 5.78 Å². The first kappa shape index (κ1) is 13.7. The molecule has 0 spiro atoms. The quantitative estimate of drug-likeness (QED) is 0.717. The fourth-order valence-electron chi connectivity index (χ4n) is 0.519. The second-order valence-corrected chi connectivity index (χ2v) is 4.43. The van der Waals surface area contributed by atoms with E-state index in [1.54, 1.807) is 6.92 Å². The third-order valence-electron chi connectivity index (χ3n) is 1.09. The SMILES string of the molecule is CCOC(Br)C(Br)C(=O)C(F)(F)Cl. The molecular formula is C6H7Br2ClF2O2. The average molecular weight is 344 g/mol. The maximum absolute atomic E-state index is 12.3. The summed E-state index contributed by atoms with van der Waals surface area (Å²) in [6.07, 6.45) is 0. The molecule has 0 saturated carbocycles. The van der Waals surface area contributed by atoms with Crippen LogP contribution in [0.5, 0.6) is 0 Å². The molecule has 7 heteroatoms. The molecule has 0 heterocycles. The van der Waals surface area contributed by atoms with E-state index in [4.69, 9.17) is 4.74 Å². The largest absolute Gasteiger partial charge is 0.381 e. The molecule has 0 aliphatic carbocycles. The Hall–Kier alpha value is 0.740. The molecule has 0 aromatic heterocycles. The van der Waals surface area contributed by atoms with E-state index in [-0.39, 0.29) is 0 Å². The Morgan fingerprint density at radius 1 is 1.62 bits per heavy atom. The van der Waals surface area contributed by atoms with Gasteiger partial charge in [0.15, 0.2) is 0 Å². The molecule has 78 valence electrons. The van der Waals surface area contributed by atoms with Gasteiger partial charge in [0.1, 0.15) is 9.84 Å². The minimum Gasteiger partial charge on any atom is -0.366 e. The maximum Gasteiger partial charge on any atom is 0.381 e. The van der Waals surface area contributed by atoms with Crippen LogP contribution in [0.4, 0.5) is 8.78 Å². The van der Waals surface area contributed by atoms with Crippen molar-refractivity contribution in [3.63, 3.8) is 0 Å². The molecule has 0 radical (unpaired) electrons. The normalized spacial score (nSPS) is 16.8. The molecule has 0 saturated heterocycles. The summed E-state index contributed by atoms with van der Waals surface area (Å²) in [5.41, 5.74) is 0. The van der Waals surface area contributed by atoms with Crippen LogP contribution < -0.4 is 0 Å². The van der Waals surface area contributed by atoms with E-state index in [1.807, 2.05) is 0 Å². The Balaban J connectivity index is 4.26. The lowest BCUT2D eigenvalue weighted by Gasteiger charge is -2.17. The molecule has 0 rings (SSSR count). The van der Waals surface area contributed by atoms with Gasteiger partial charge in [-0.1, -0.05) is 31.9 Å². The Kier molecular flexibility index (Phi) is 5.90. The number of hydrogen-bond donors (Lipinski definition) is 0. The predicted molar refractivity (Wildman–Crippen MR) is 52.9 cm³/mol. The van der Waals surface area contributed by atoms with E-state index in [0.717, 1.165) is 0 Å². The monoisotopic (exact) mass is 342 g/mol. The maximum atomic E-state index is 12.3. The zero-order valence-electron chi connectivity index (χ0n) is 6.57. The summed E-state index contributed by atoms with van der Waals surface area (Å²) in [4.78, 5) is 9.68. The molecule has 0 bridgehead atoms. The van der Waals surface area contributed by atoms with E-state index in [2.05, 4.69) is 43.5 Å². The van der Waals surface area contributed by atoms with E-state index in [1.165, 1.54) is 0 Å². The van der Waals surface area contributed by atoms with Gasteiger partial charge in [-0.15, -0.1) is 0 Å². The molecule has 0 aromatic carbocycles. The second-order valence-electron chi connectivity index (χ2n) is 2.07. The van der Waals surface area contributed by atoms with Crippen molar-refractivity contribution in [2.24, 2.45) is 0 Å². The van der Waals surface area contributed by atoms with Crippen LogP contribution >= 0.6 is 43.5 Å².